The molecule has 8 aromatic rings. The van der Waals surface area contributed by atoms with E-state index in [9.17, 15) is 0 Å². The Morgan fingerprint density at radius 2 is 1.20 bits per heavy atom. The molecule has 0 N–H and O–H groups in total. The van der Waals surface area contributed by atoms with Crippen molar-refractivity contribution in [1.29, 1.82) is 0 Å². The number of hydrogen-bond acceptors (Lipinski definition) is 1. The maximum atomic E-state index is 2.46. The van der Waals surface area contributed by atoms with E-state index in [0.717, 1.165) is 6.42 Å². The normalized spacial score (nSPS) is 15.2. The average Bonchev–Trinajstić information content (AvgIpc) is 3.64. The fourth-order valence-electron chi connectivity index (χ4n) is 6.98. The predicted octanol–water partition coefficient (Wildman–Crippen LogP) is 10.6. The highest BCUT2D eigenvalue weighted by atomic mass is 32.1. The number of benzene rings is 5. The van der Waals surface area contributed by atoms with Crippen LogP contribution >= 0.6 is 11.3 Å². The monoisotopic (exact) mass is 530 g/mol. The summed E-state index contributed by atoms with van der Waals surface area (Å²) in [6, 6.07) is 40.4. The first-order valence-electron chi connectivity index (χ1n) is 14.0. The van der Waals surface area contributed by atoms with Crippen molar-refractivity contribution in [2.24, 2.45) is 0 Å². The molecule has 1 unspecified atom stereocenters. The van der Waals surface area contributed by atoms with Crippen molar-refractivity contribution in [3.8, 4) is 11.4 Å². The van der Waals surface area contributed by atoms with Crippen LogP contribution in [-0.2, 0) is 0 Å². The van der Waals surface area contributed by atoms with Gasteiger partial charge in [-0.3, -0.25) is 0 Å². The average molecular weight is 531 g/mol. The molecule has 0 radical (unpaired) electrons. The molecule has 0 fully saturated rings. The smallest absolute Gasteiger partial charge is 0.0542 e. The van der Waals surface area contributed by atoms with Crippen LogP contribution in [0, 0.1) is 0 Å². The highest BCUT2D eigenvalue weighted by Gasteiger charge is 2.23. The van der Waals surface area contributed by atoms with E-state index in [1.54, 1.807) is 0 Å². The van der Waals surface area contributed by atoms with Crippen molar-refractivity contribution in [1.82, 2.24) is 9.13 Å². The topological polar surface area (TPSA) is 9.86 Å². The molecule has 0 saturated heterocycles. The molecule has 1 aliphatic rings. The van der Waals surface area contributed by atoms with Crippen LogP contribution in [0.3, 0.4) is 0 Å². The Kier molecular flexibility index (Phi) is 4.56. The van der Waals surface area contributed by atoms with E-state index < -0.39 is 0 Å². The maximum Gasteiger partial charge on any atom is 0.0542 e. The van der Waals surface area contributed by atoms with Crippen LogP contribution < -0.4 is 0 Å². The van der Waals surface area contributed by atoms with E-state index in [-0.39, 0.29) is 0 Å². The molecule has 5 aromatic carbocycles. The second-order valence-electron chi connectivity index (χ2n) is 11.0. The summed E-state index contributed by atoms with van der Waals surface area (Å²) in [5, 5.41) is 6.59. The third-order valence-corrected chi connectivity index (χ3v) is 9.89. The van der Waals surface area contributed by atoms with Crippen LogP contribution in [0.2, 0.25) is 0 Å². The lowest BCUT2D eigenvalue weighted by atomic mass is 9.91. The van der Waals surface area contributed by atoms with Gasteiger partial charge in [0.15, 0.2) is 0 Å². The summed E-state index contributed by atoms with van der Waals surface area (Å²) in [5.74, 6) is 0.514. The van der Waals surface area contributed by atoms with Gasteiger partial charge in [0.1, 0.15) is 0 Å². The first kappa shape index (κ1) is 22.2. The number of hydrogen-bond donors (Lipinski definition) is 0. The lowest BCUT2D eigenvalue weighted by Crippen LogP contribution is -2.03. The second-order valence-corrected chi connectivity index (χ2v) is 12.1. The molecule has 2 nitrogen and oxygen atoms in total. The van der Waals surface area contributed by atoms with Gasteiger partial charge < -0.3 is 9.13 Å². The lowest BCUT2D eigenvalue weighted by Gasteiger charge is -2.17. The van der Waals surface area contributed by atoms with Gasteiger partial charge in [0, 0.05) is 53.4 Å². The highest BCUT2D eigenvalue weighted by molar-refractivity contribution is 7.25. The Balaban J connectivity index is 1.32. The van der Waals surface area contributed by atoms with Crippen molar-refractivity contribution >= 4 is 70.3 Å². The Hall–Kier alpha value is -4.60. The summed E-state index contributed by atoms with van der Waals surface area (Å²) in [6.07, 6.45) is 5.75. The lowest BCUT2D eigenvalue weighted by molar-refractivity contribution is 0.773. The molecule has 0 bridgehead atoms. The molecule has 3 heteroatoms. The van der Waals surface area contributed by atoms with E-state index in [1.807, 2.05) is 11.3 Å². The van der Waals surface area contributed by atoms with Crippen molar-refractivity contribution in [3.05, 3.63) is 127 Å². The second kappa shape index (κ2) is 8.20. The number of aromatic nitrogens is 2. The van der Waals surface area contributed by atoms with E-state index in [1.165, 1.54) is 75.5 Å². The largest absolute Gasteiger partial charge is 0.310 e. The van der Waals surface area contributed by atoms with Gasteiger partial charge >= 0.3 is 0 Å². The molecule has 0 aliphatic heterocycles. The number of para-hydroxylation sites is 2. The standard InChI is InChI=1S/C37H26N2S/c1-23-9-8-15-34-37(23)28-12-3-6-14-32(28)39(34)24-17-19-33-29(21-24)26-10-2-5-13-31(26)38(33)25-18-20-36-30(22-25)27-11-4-7-16-35(27)40-36/h2-8,10-23H,9H2,1H3. The van der Waals surface area contributed by atoms with Gasteiger partial charge in [-0.2, -0.15) is 0 Å². The zero-order valence-electron chi connectivity index (χ0n) is 22.1. The molecular weight excluding hydrogens is 504 g/mol. The molecule has 3 aromatic heterocycles. The first-order chi connectivity index (χ1) is 19.8. The fraction of sp³-hybridized carbons (Fsp3) is 0.0811. The fourth-order valence-corrected chi connectivity index (χ4v) is 8.06. The summed E-state index contributed by atoms with van der Waals surface area (Å²) in [6.45, 7) is 2.35. The van der Waals surface area contributed by atoms with Crippen molar-refractivity contribution < 1.29 is 0 Å². The number of rotatable bonds is 2. The molecule has 190 valence electrons. The zero-order valence-corrected chi connectivity index (χ0v) is 23.0. The van der Waals surface area contributed by atoms with E-state index in [0.29, 0.717) is 5.92 Å². The van der Waals surface area contributed by atoms with Crippen LogP contribution in [0.15, 0.2) is 115 Å². The van der Waals surface area contributed by atoms with Crippen LogP contribution in [0.5, 0.6) is 0 Å². The van der Waals surface area contributed by atoms with Crippen molar-refractivity contribution in [2.45, 2.75) is 19.3 Å². The SMILES string of the molecule is CC1CC=Cc2c1c1ccccc1n2-c1ccc2c(c1)c1ccccc1n2-c1ccc2sc3ccccc3c2c1. The number of fused-ring (bicyclic) bond motifs is 9. The minimum absolute atomic E-state index is 0.514. The summed E-state index contributed by atoms with van der Waals surface area (Å²) >= 11 is 1.87. The molecule has 1 atom stereocenters. The van der Waals surface area contributed by atoms with Gasteiger partial charge in [-0.05, 0) is 78.6 Å². The van der Waals surface area contributed by atoms with Crippen LogP contribution in [0.1, 0.15) is 30.5 Å². The molecule has 0 saturated carbocycles. The first-order valence-corrected chi connectivity index (χ1v) is 14.8. The van der Waals surface area contributed by atoms with E-state index >= 15 is 0 Å². The Morgan fingerprint density at radius 3 is 2.08 bits per heavy atom. The number of allylic oxidation sites excluding steroid dienone is 1. The predicted molar refractivity (Wildman–Crippen MR) is 173 cm³/mol. The van der Waals surface area contributed by atoms with Gasteiger partial charge in [0.2, 0.25) is 0 Å². The van der Waals surface area contributed by atoms with Crippen LogP contribution in [-0.4, -0.2) is 9.13 Å². The third-order valence-electron chi connectivity index (χ3n) is 8.74. The number of thiophene rings is 1. The molecule has 0 spiro atoms. The Labute approximate surface area is 236 Å². The molecule has 9 rings (SSSR count). The molecule has 1 aliphatic carbocycles. The summed E-state index contributed by atoms with van der Waals surface area (Å²) in [5.41, 5.74) is 8.96. The Morgan fingerprint density at radius 1 is 0.575 bits per heavy atom. The minimum Gasteiger partial charge on any atom is -0.310 e. The molecule has 0 amide bonds. The third kappa shape index (κ3) is 2.98. The minimum atomic E-state index is 0.514. The quantitative estimate of drug-likeness (QED) is 0.210. The number of nitrogens with zero attached hydrogens (tertiary/aromatic N) is 2. The zero-order chi connectivity index (χ0) is 26.4. The van der Waals surface area contributed by atoms with Gasteiger partial charge in [-0.15, -0.1) is 11.3 Å². The van der Waals surface area contributed by atoms with Crippen LogP contribution in [0.25, 0.3) is 70.3 Å². The van der Waals surface area contributed by atoms with Crippen LogP contribution in [0.4, 0.5) is 0 Å². The molecular formula is C37H26N2S. The van der Waals surface area contributed by atoms with Gasteiger partial charge in [-0.1, -0.05) is 67.6 Å². The van der Waals surface area contributed by atoms with Gasteiger partial charge in [0.05, 0.1) is 16.6 Å². The van der Waals surface area contributed by atoms with E-state index in [4.69, 9.17) is 0 Å². The summed E-state index contributed by atoms with van der Waals surface area (Å²) in [4.78, 5) is 0. The summed E-state index contributed by atoms with van der Waals surface area (Å²) < 4.78 is 7.57. The Bertz CT molecular complexity index is 2320. The van der Waals surface area contributed by atoms with E-state index in [2.05, 4.69) is 137 Å². The highest BCUT2D eigenvalue weighted by Crippen LogP contribution is 2.41. The van der Waals surface area contributed by atoms with Gasteiger partial charge in [0.25, 0.3) is 0 Å². The van der Waals surface area contributed by atoms with Crippen molar-refractivity contribution in [3.63, 3.8) is 0 Å². The maximum absolute atomic E-state index is 2.46. The summed E-state index contributed by atoms with van der Waals surface area (Å²) in [7, 11) is 0. The molecule has 40 heavy (non-hydrogen) atoms. The van der Waals surface area contributed by atoms with Gasteiger partial charge in [-0.25, -0.2) is 0 Å². The molecule has 3 heterocycles. The van der Waals surface area contributed by atoms with Crippen molar-refractivity contribution in [2.75, 3.05) is 0 Å².